The van der Waals surface area contributed by atoms with Gasteiger partial charge in [0.1, 0.15) is 0 Å². The van der Waals surface area contributed by atoms with Gasteiger partial charge in [0, 0.05) is 57.3 Å². The largest absolute Gasteiger partial charge is 0.338 e. The van der Waals surface area contributed by atoms with Gasteiger partial charge in [0.25, 0.3) is 5.91 Å². The lowest BCUT2D eigenvalue weighted by Gasteiger charge is -2.37. The van der Waals surface area contributed by atoms with Crippen LogP contribution in [0.5, 0.6) is 0 Å². The number of hydrogen-bond acceptors (Lipinski definition) is 5. The van der Waals surface area contributed by atoms with Crippen molar-refractivity contribution in [3.05, 3.63) is 35.4 Å². The average Bonchev–Trinajstić information content (AvgIpc) is 3.26. The highest BCUT2D eigenvalue weighted by molar-refractivity contribution is 7.91. The molecule has 3 saturated heterocycles. The highest BCUT2D eigenvalue weighted by atomic mass is 32.2. The fraction of sp³-hybridized carbons (Fsp3) is 0.600. The van der Waals surface area contributed by atoms with Crippen LogP contribution in [0.1, 0.15) is 35.2 Å². The summed E-state index contributed by atoms with van der Waals surface area (Å²) in [5.74, 6) is 0.719. The molecular weight excluding hydrogens is 378 g/mol. The van der Waals surface area contributed by atoms with Crippen molar-refractivity contribution < 1.29 is 18.0 Å². The van der Waals surface area contributed by atoms with E-state index in [2.05, 4.69) is 4.90 Å². The van der Waals surface area contributed by atoms with Gasteiger partial charge in [-0.15, -0.1) is 0 Å². The second-order valence-corrected chi connectivity index (χ2v) is 10.2. The van der Waals surface area contributed by atoms with Gasteiger partial charge >= 0.3 is 0 Å². The molecule has 3 heterocycles. The molecule has 0 unspecified atom stereocenters. The second kappa shape index (κ2) is 7.83. The molecule has 3 aliphatic rings. The van der Waals surface area contributed by atoms with Crippen LogP contribution >= 0.6 is 0 Å². The van der Waals surface area contributed by atoms with Gasteiger partial charge in [-0.2, -0.15) is 0 Å². The molecule has 28 heavy (non-hydrogen) atoms. The molecule has 0 spiro atoms. The van der Waals surface area contributed by atoms with Gasteiger partial charge in [0.15, 0.2) is 9.84 Å². The number of amides is 2. The Morgan fingerprint density at radius 3 is 2.54 bits per heavy atom. The Balaban J connectivity index is 1.35. The maximum atomic E-state index is 12.9. The number of sulfone groups is 1. The van der Waals surface area contributed by atoms with Crippen molar-refractivity contribution in [1.29, 1.82) is 0 Å². The molecule has 0 aromatic heterocycles. The lowest BCUT2D eigenvalue weighted by molar-refractivity contribution is -0.128. The minimum absolute atomic E-state index is 0.00768. The molecular formula is C20H27N3O4S. The van der Waals surface area contributed by atoms with Crippen molar-refractivity contribution in [1.82, 2.24) is 14.7 Å². The molecule has 7 nitrogen and oxygen atoms in total. The average molecular weight is 406 g/mol. The molecule has 2 amide bonds. The smallest absolute Gasteiger partial charge is 0.253 e. The van der Waals surface area contributed by atoms with E-state index in [4.69, 9.17) is 0 Å². The van der Waals surface area contributed by atoms with Gasteiger partial charge in [-0.25, -0.2) is 8.42 Å². The molecule has 0 N–H and O–H groups in total. The fourth-order valence-corrected chi connectivity index (χ4v) is 6.19. The van der Waals surface area contributed by atoms with Crippen LogP contribution in [-0.2, 0) is 21.2 Å². The molecule has 3 fully saturated rings. The molecule has 3 aliphatic heterocycles. The Kier molecular flexibility index (Phi) is 5.42. The molecule has 4 rings (SSSR count). The fourth-order valence-electron chi connectivity index (χ4n) is 4.43. The van der Waals surface area contributed by atoms with E-state index in [0.29, 0.717) is 51.1 Å². The van der Waals surface area contributed by atoms with E-state index in [-0.39, 0.29) is 29.4 Å². The minimum atomic E-state index is -2.89. The zero-order chi connectivity index (χ0) is 19.7. The molecule has 0 saturated carbocycles. The van der Waals surface area contributed by atoms with Crippen molar-refractivity contribution in [2.24, 2.45) is 0 Å². The molecule has 152 valence electrons. The summed E-state index contributed by atoms with van der Waals surface area (Å²) in [6.07, 6.45) is 2.22. The highest BCUT2D eigenvalue weighted by Crippen LogP contribution is 2.20. The third kappa shape index (κ3) is 4.22. The van der Waals surface area contributed by atoms with E-state index in [1.54, 1.807) is 0 Å². The van der Waals surface area contributed by atoms with E-state index in [1.807, 2.05) is 34.1 Å². The van der Waals surface area contributed by atoms with Crippen LogP contribution in [0.15, 0.2) is 24.3 Å². The van der Waals surface area contributed by atoms with Gasteiger partial charge in [-0.05, 0) is 30.5 Å². The maximum Gasteiger partial charge on any atom is 0.253 e. The van der Waals surface area contributed by atoms with Crippen molar-refractivity contribution in [2.45, 2.75) is 31.8 Å². The van der Waals surface area contributed by atoms with Crippen LogP contribution in [0.3, 0.4) is 0 Å². The van der Waals surface area contributed by atoms with Crippen LogP contribution in [0.4, 0.5) is 0 Å². The molecule has 1 aromatic rings. The zero-order valence-corrected chi connectivity index (χ0v) is 16.9. The Bertz CT molecular complexity index is 862. The van der Waals surface area contributed by atoms with Crippen LogP contribution in [0.2, 0.25) is 0 Å². The number of piperazine rings is 1. The topological polar surface area (TPSA) is 78.0 Å². The number of likely N-dealkylation sites (tertiary alicyclic amines) is 1. The van der Waals surface area contributed by atoms with E-state index < -0.39 is 9.84 Å². The number of carbonyl (C=O) groups excluding carboxylic acids is 2. The number of rotatable bonds is 4. The van der Waals surface area contributed by atoms with Gasteiger partial charge < -0.3 is 9.80 Å². The first-order valence-electron chi connectivity index (χ1n) is 10.0. The van der Waals surface area contributed by atoms with Crippen molar-refractivity contribution in [3.63, 3.8) is 0 Å². The molecule has 0 bridgehead atoms. The minimum Gasteiger partial charge on any atom is -0.338 e. The first kappa shape index (κ1) is 19.4. The van der Waals surface area contributed by atoms with Crippen molar-refractivity contribution >= 4 is 21.7 Å². The zero-order valence-electron chi connectivity index (χ0n) is 16.0. The van der Waals surface area contributed by atoms with Crippen LogP contribution in [-0.4, -0.2) is 85.2 Å². The van der Waals surface area contributed by atoms with E-state index >= 15 is 0 Å². The summed E-state index contributed by atoms with van der Waals surface area (Å²) in [6, 6.07) is 7.66. The maximum absolute atomic E-state index is 12.9. The predicted octanol–water partition coefficient (Wildman–Crippen LogP) is 0.754. The summed E-state index contributed by atoms with van der Waals surface area (Å²) >= 11 is 0. The molecule has 0 radical (unpaired) electrons. The van der Waals surface area contributed by atoms with Gasteiger partial charge in [-0.3, -0.25) is 14.5 Å². The predicted molar refractivity (Wildman–Crippen MR) is 106 cm³/mol. The summed E-state index contributed by atoms with van der Waals surface area (Å²) in [6.45, 7) is 4.01. The lowest BCUT2D eigenvalue weighted by atomic mass is 10.1. The summed E-state index contributed by atoms with van der Waals surface area (Å²) in [5, 5.41) is 0. The molecule has 1 atom stereocenters. The number of carbonyl (C=O) groups is 2. The third-order valence-electron chi connectivity index (χ3n) is 6.05. The Morgan fingerprint density at radius 1 is 1.11 bits per heavy atom. The second-order valence-electron chi connectivity index (χ2n) is 8.00. The molecule has 1 aromatic carbocycles. The first-order chi connectivity index (χ1) is 13.4. The number of benzene rings is 1. The monoisotopic (exact) mass is 405 g/mol. The standard InChI is InChI=1S/C20H27N3O4S/c24-19-5-2-7-23(19)14-16-3-1-4-17(13-16)20(25)22-10-8-21(9-11-22)18-6-12-28(26,27)15-18/h1,3-4,13,18H,2,5-12,14-15H2/t18-/m1/s1. The summed E-state index contributed by atoms with van der Waals surface area (Å²) < 4.78 is 23.4. The summed E-state index contributed by atoms with van der Waals surface area (Å²) in [4.78, 5) is 30.7. The Hall–Kier alpha value is -1.93. The van der Waals surface area contributed by atoms with Crippen molar-refractivity contribution in [3.8, 4) is 0 Å². The van der Waals surface area contributed by atoms with E-state index in [0.717, 1.165) is 18.5 Å². The number of nitrogens with zero attached hydrogens (tertiary/aromatic N) is 3. The summed E-state index contributed by atoms with van der Waals surface area (Å²) in [7, 11) is -2.89. The van der Waals surface area contributed by atoms with Crippen LogP contribution in [0.25, 0.3) is 0 Å². The van der Waals surface area contributed by atoms with E-state index in [9.17, 15) is 18.0 Å². The van der Waals surface area contributed by atoms with Gasteiger partial charge in [-0.1, -0.05) is 12.1 Å². The first-order valence-corrected chi connectivity index (χ1v) is 11.8. The molecule has 0 aliphatic carbocycles. The lowest BCUT2D eigenvalue weighted by Crippen LogP contribution is -2.52. The quantitative estimate of drug-likeness (QED) is 0.739. The normalized spacial score (nSPS) is 25.4. The van der Waals surface area contributed by atoms with Gasteiger partial charge in [0.05, 0.1) is 11.5 Å². The van der Waals surface area contributed by atoms with E-state index in [1.165, 1.54) is 0 Å². The van der Waals surface area contributed by atoms with Crippen LogP contribution < -0.4 is 0 Å². The summed E-state index contributed by atoms with van der Waals surface area (Å²) in [5.41, 5.74) is 1.64. The Morgan fingerprint density at radius 2 is 1.89 bits per heavy atom. The highest BCUT2D eigenvalue weighted by Gasteiger charge is 2.34. The van der Waals surface area contributed by atoms with Crippen LogP contribution in [0, 0.1) is 0 Å². The SMILES string of the molecule is O=C1CCCN1Cc1cccc(C(=O)N2CCN([C@@H]3CCS(=O)(=O)C3)CC2)c1. The molecule has 8 heteroatoms. The number of hydrogen-bond donors (Lipinski definition) is 0. The van der Waals surface area contributed by atoms with Crippen molar-refractivity contribution in [2.75, 3.05) is 44.2 Å². The Labute approximate surface area is 166 Å². The van der Waals surface area contributed by atoms with Gasteiger partial charge in [0.2, 0.25) is 5.91 Å². The third-order valence-corrected chi connectivity index (χ3v) is 7.80.